The van der Waals surface area contributed by atoms with Gasteiger partial charge in [0.15, 0.2) is 0 Å². The minimum Gasteiger partial charge on any atom is -0.334 e. The molecule has 0 saturated carbocycles. The first kappa shape index (κ1) is 20.4. The Bertz CT molecular complexity index is 1330. The second kappa shape index (κ2) is 8.47. The van der Waals surface area contributed by atoms with Crippen LogP contribution in [0.1, 0.15) is 5.69 Å². The molecule has 0 unspecified atom stereocenters. The zero-order chi connectivity index (χ0) is 22.7. The highest BCUT2D eigenvalue weighted by Crippen LogP contribution is 2.33. The molecular formula is C20H16N8O4. The second-order valence-corrected chi connectivity index (χ2v) is 6.68. The smallest absolute Gasteiger partial charge is 0.334 e. The molecule has 0 radical (unpaired) electrons. The van der Waals surface area contributed by atoms with E-state index in [-0.39, 0.29) is 23.0 Å². The molecule has 0 atom stereocenters. The van der Waals surface area contributed by atoms with Gasteiger partial charge in [0, 0.05) is 28.9 Å². The maximum Gasteiger partial charge on any atom is 0.355 e. The Morgan fingerprint density at radius 1 is 0.844 bits per heavy atom. The van der Waals surface area contributed by atoms with Crippen molar-refractivity contribution in [2.75, 3.05) is 16.2 Å². The molecule has 0 spiro atoms. The summed E-state index contributed by atoms with van der Waals surface area (Å²) < 4.78 is 0. The normalized spacial score (nSPS) is 10.5. The van der Waals surface area contributed by atoms with E-state index in [1.165, 1.54) is 30.6 Å². The molecule has 0 saturated heterocycles. The fourth-order valence-corrected chi connectivity index (χ4v) is 3.03. The fraction of sp³-hybridized carbons (Fsp3) is 0.0500. The van der Waals surface area contributed by atoms with Crippen LogP contribution in [0.5, 0.6) is 0 Å². The van der Waals surface area contributed by atoms with Crippen LogP contribution in [0.2, 0.25) is 0 Å². The zero-order valence-corrected chi connectivity index (χ0v) is 16.6. The third-order valence-corrected chi connectivity index (χ3v) is 4.53. The third-order valence-electron chi connectivity index (χ3n) is 4.53. The lowest BCUT2D eigenvalue weighted by molar-refractivity contribution is -0.384. The molecule has 160 valence electrons. The molecule has 0 amide bonds. The molecule has 0 fully saturated rings. The number of hydrogen-bond donors (Lipinski definition) is 3. The first-order valence-corrected chi connectivity index (χ1v) is 9.31. The van der Waals surface area contributed by atoms with Crippen molar-refractivity contribution in [3.05, 3.63) is 86.8 Å². The van der Waals surface area contributed by atoms with Crippen LogP contribution in [-0.2, 0) is 0 Å². The number of benzene rings is 2. The van der Waals surface area contributed by atoms with E-state index >= 15 is 0 Å². The Hall–Kier alpha value is -4.87. The van der Waals surface area contributed by atoms with Crippen molar-refractivity contribution in [3.8, 4) is 0 Å². The van der Waals surface area contributed by atoms with Gasteiger partial charge in [-0.1, -0.05) is 6.07 Å². The molecule has 0 aliphatic carbocycles. The lowest BCUT2D eigenvalue weighted by Crippen LogP contribution is -2.13. The Kier molecular flexibility index (Phi) is 5.40. The molecule has 0 aliphatic heterocycles. The largest absolute Gasteiger partial charge is 0.355 e. The van der Waals surface area contributed by atoms with Crippen LogP contribution < -0.4 is 16.2 Å². The molecule has 4 rings (SSSR count). The lowest BCUT2D eigenvalue weighted by Gasteiger charge is -2.12. The minimum atomic E-state index is -0.601. The minimum absolute atomic E-state index is 0.00826. The molecule has 32 heavy (non-hydrogen) atoms. The maximum atomic E-state index is 11.8. The van der Waals surface area contributed by atoms with Crippen molar-refractivity contribution < 1.29 is 9.85 Å². The van der Waals surface area contributed by atoms with Gasteiger partial charge in [-0.25, -0.2) is 9.97 Å². The first-order chi connectivity index (χ1) is 15.4. The molecule has 4 aromatic rings. The zero-order valence-electron chi connectivity index (χ0n) is 16.6. The van der Waals surface area contributed by atoms with Crippen LogP contribution >= 0.6 is 0 Å². The first-order valence-electron chi connectivity index (χ1n) is 9.31. The Balaban J connectivity index is 1.63. The predicted molar refractivity (Wildman–Crippen MR) is 119 cm³/mol. The number of nitrogens with zero attached hydrogens (tertiary/aromatic N) is 5. The van der Waals surface area contributed by atoms with Gasteiger partial charge in [0.05, 0.1) is 21.1 Å². The number of nitrogens with one attached hydrogen (secondary N) is 3. The van der Waals surface area contributed by atoms with E-state index in [2.05, 4.69) is 31.1 Å². The summed E-state index contributed by atoms with van der Waals surface area (Å²) in [6.45, 7) is 1.88. The van der Waals surface area contributed by atoms with Crippen LogP contribution in [0.4, 0.5) is 34.4 Å². The van der Waals surface area contributed by atoms with Crippen LogP contribution in [0, 0.1) is 27.2 Å². The molecule has 3 N–H and O–H groups in total. The number of aryl methyl sites for hydroxylation is 1. The molecule has 0 bridgehead atoms. The number of hydrogen-bond acceptors (Lipinski definition) is 10. The molecule has 12 heteroatoms. The van der Waals surface area contributed by atoms with Gasteiger partial charge in [-0.2, -0.15) is 0 Å². The summed E-state index contributed by atoms with van der Waals surface area (Å²) in [5.41, 5.74) is 7.61. The number of hydrazine groups is 1. The van der Waals surface area contributed by atoms with E-state index in [1.807, 2.05) is 25.1 Å². The molecule has 0 aliphatic rings. The number of rotatable bonds is 7. The Labute approximate surface area is 180 Å². The summed E-state index contributed by atoms with van der Waals surface area (Å²) >= 11 is 0. The summed E-state index contributed by atoms with van der Waals surface area (Å²) in [7, 11) is 0. The van der Waals surface area contributed by atoms with Crippen molar-refractivity contribution in [1.82, 2.24) is 15.0 Å². The van der Waals surface area contributed by atoms with Crippen LogP contribution in [0.15, 0.2) is 60.9 Å². The van der Waals surface area contributed by atoms with Crippen molar-refractivity contribution in [3.63, 3.8) is 0 Å². The molecule has 2 aromatic carbocycles. The number of nitro groups is 2. The van der Waals surface area contributed by atoms with Gasteiger partial charge in [-0.3, -0.25) is 36.1 Å². The quantitative estimate of drug-likeness (QED) is 0.283. The SMILES string of the molecule is Cc1ccc2c(Nc3ncnc(NNc4ccc([N+](=O)[O-])cc4)c3[N+](=O)[O-])cccc2n1. The molecule has 2 heterocycles. The van der Waals surface area contributed by atoms with Gasteiger partial charge in [-0.15, -0.1) is 0 Å². The predicted octanol–water partition coefficient (Wildman–Crippen LogP) is 4.33. The molecular weight excluding hydrogens is 416 g/mol. The summed E-state index contributed by atoms with van der Waals surface area (Å²) in [5, 5.41) is 26.3. The summed E-state index contributed by atoms with van der Waals surface area (Å²) in [5.74, 6) is -0.0915. The highest BCUT2D eigenvalue weighted by molar-refractivity contribution is 5.94. The van der Waals surface area contributed by atoms with Crippen LogP contribution in [0.3, 0.4) is 0 Å². The van der Waals surface area contributed by atoms with Crippen LogP contribution in [-0.4, -0.2) is 24.8 Å². The van der Waals surface area contributed by atoms with Gasteiger partial charge in [0.25, 0.3) is 5.69 Å². The van der Waals surface area contributed by atoms with E-state index in [9.17, 15) is 20.2 Å². The Morgan fingerprint density at radius 2 is 1.59 bits per heavy atom. The van der Waals surface area contributed by atoms with Gasteiger partial charge >= 0.3 is 5.69 Å². The lowest BCUT2D eigenvalue weighted by atomic mass is 10.1. The van der Waals surface area contributed by atoms with E-state index in [1.54, 1.807) is 12.1 Å². The second-order valence-electron chi connectivity index (χ2n) is 6.68. The number of non-ortho nitro benzene ring substituents is 1. The van der Waals surface area contributed by atoms with Crippen molar-refractivity contribution >= 4 is 45.3 Å². The maximum absolute atomic E-state index is 11.8. The topological polar surface area (TPSA) is 161 Å². The van der Waals surface area contributed by atoms with Gasteiger partial charge in [0.1, 0.15) is 6.33 Å². The van der Waals surface area contributed by atoms with Crippen molar-refractivity contribution in [2.45, 2.75) is 6.92 Å². The highest BCUT2D eigenvalue weighted by Gasteiger charge is 2.23. The van der Waals surface area contributed by atoms with E-state index in [0.717, 1.165) is 16.6 Å². The Morgan fingerprint density at radius 3 is 2.31 bits per heavy atom. The summed E-state index contributed by atoms with van der Waals surface area (Å²) in [6.07, 6.45) is 1.18. The van der Waals surface area contributed by atoms with Gasteiger partial charge in [0.2, 0.25) is 11.6 Å². The average Bonchev–Trinajstić information content (AvgIpc) is 2.77. The summed E-state index contributed by atoms with van der Waals surface area (Å²) in [6, 6.07) is 14.7. The summed E-state index contributed by atoms with van der Waals surface area (Å²) in [4.78, 5) is 33.9. The van der Waals surface area contributed by atoms with Crippen molar-refractivity contribution in [1.29, 1.82) is 0 Å². The number of fused-ring (bicyclic) bond motifs is 1. The monoisotopic (exact) mass is 432 g/mol. The van der Waals surface area contributed by atoms with E-state index in [0.29, 0.717) is 11.4 Å². The van der Waals surface area contributed by atoms with E-state index < -0.39 is 9.85 Å². The van der Waals surface area contributed by atoms with Crippen molar-refractivity contribution in [2.24, 2.45) is 0 Å². The molecule has 2 aromatic heterocycles. The number of aromatic nitrogens is 3. The highest BCUT2D eigenvalue weighted by atomic mass is 16.6. The number of anilines is 4. The fourth-order valence-electron chi connectivity index (χ4n) is 3.03. The van der Waals surface area contributed by atoms with Gasteiger partial charge in [-0.05, 0) is 43.3 Å². The third kappa shape index (κ3) is 4.18. The van der Waals surface area contributed by atoms with Crippen LogP contribution in [0.25, 0.3) is 10.9 Å². The number of pyridine rings is 1. The number of nitro benzene ring substituents is 1. The van der Waals surface area contributed by atoms with Gasteiger partial charge < -0.3 is 5.32 Å². The van der Waals surface area contributed by atoms with E-state index in [4.69, 9.17) is 0 Å². The molecule has 12 nitrogen and oxygen atoms in total. The average molecular weight is 432 g/mol. The standard InChI is InChI=1S/C20H16N8O4/c1-12-5-10-15-16(23-12)3-2-4-17(15)24-19-18(28(31)32)20(22-11-21-19)26-25-13-6-8-14(9-7-13)27(29)30/h2-11,25H,1H3,(H2,21,22,24,26).